The van der Waals surface area contributed by atoms with Gasteiger partial charge in [-0.05, 0) is 36.8 Å². The van der Waals surface area contributed by atoms with Gasteiger partial charge in [0.2, 0.25) is 5.88 Å². The lowest BCUT2D eigenvalue weighted by Gasteiger charge is -2.13. The van der Waals surface area contributed by atoms with E-state index < -0.39 is 10.0 Å². The summed E-state index contributed by atoms with van der Waals surface area (Å²) in [5.41, 5.74) is 2.16. The number of hydrogen-bond donors (Lipinski definition) is 1. The molecule has 0 bridgehead atoms. The van der Waals surface area contributed by atoms with Gasteiger partial charge in [-0.25, -0.2) is 8.42 Å². The van der Waals surface area contributed by atoms with E-state index in [1.165, 1.54) is 19.4 Å². The van der Waals surface area contributed by atoms with Gasteiger partial charge in [0.25, 0.3) is 10.0 Å². The van der Waals surface area contributed by atoms with Crippen molar-refractivity contribution >= 4 is 15.7 Å². The molecular weight excluding hydrogens is 328 g/mol. The van der Waals surface area contributed by atoms with Crippen molar-refractivity contribution in [3.05, 3.63) is 60.6 Å². The Morgan fingerprint density at radius 2 is 1.92 bits per heavy atom. The summed E-state index contributed by atoms with van der Waals surface area (Å²) < 4.78 is 34.6. The van der Waals surface area contributed by atoms with Crippen LogP contribution >= 0.6 is 0 Å². The molecule has 0 atom stereocenters. The average Bonchev–Trinajstić information content (AvgIpc) is 3.11. The Labute approximate surface area is 140 Å². The minimum absolute atomic E-state index is 0.0138. The predicted molar refractivity (Wildman–Crippen MR) is 89.9 cm³/mol. The van der Waals surface area contributed by atoms with Crippen LogP contribution in [0.15, 0.2) is 59.9 Å². The summed E-state index contributed by atoms with van der Waals surface area (Å²) in [6.45, 7) is 1.84. The number of aromatic nitrogens is 3. The van der Waals surface area contributed by atoms with Crippen molar-refractivity contribution in [2.45, 2.75) is 11.8 Å². The predicted octanol–water partition coefficient (Wildman–Crippen LogP) is 2.39. The van der Waals surface area contributed by atoms with Gasteiger partial charge >= 0.3 is 0 Å². The molecule has 24 heavy (non-hydrogen) atoms. The third-order valence-corrected chi connectivity index (χ3v) is 4.83. The second-order valence-electron chi connectivity index (χ2n) is 5.13. The van der Waals surface area contributed by atoms with Gasteiger partial charge in [-0.15, -0.1) is 5.10 Å². The lowest BCUT2D eigenvalue weighted by Crippen LogP contribution is -2.14. The van der Waals surface area contributed by atoms with Gasteiger partial charge in [-0.1, -0.05) is 6.07 Å². The zero-order valence-electron chi connectivity index (χ0n) is 13.2. The molecule has 3 aromatic rings. The summed E-state index contributed by atoms with van der Waals surface area (Å²) >= 11 is 0. The van der Waals surface area contributed by atoms with Crippen LogP contribution in [0.4, 0.5) is 5.69 Å². The topological polar surface area (TPSA) is 86.1 Å². The third kappa shape index (κ3) is 3.23. The number of nitrogens with zero attached hydrogens (tertiary/aromatic N) is 3. The highest BCUT2D eigenvalue weighted by molar-refractivity contribution is 7.92. The number of ether oxygens (including phenoxy) is 1. The molecule has 0 spiro atoms. The molecule has 0 radical (unpaired) electrons. The number of anilines is 1. The minimum Gasteiger partial charge on any atom is -0.480 e. The van der Waals surface area contributed by atoms with Crippen LogP contribution < -0.4 is 9.46 Å². The van der Waals surface area contributed by atoms with Crippen molar-refractivity contribution in [3.63, 3.8) is 0 Å². The fourth-order valence-corrected chi connectivity index (χ4v) is 3.24. The van der Waals surface area contributed by atoms with Crippen molar-refractivity contribution in [3.8, 4) is 11.6 Å². The van der Waals surface area contributed by atoms with E-state index in [0.29, 0.717) is 5.69 Å². The van der Waals surface area contributed by atoms with E-state index in [-0.39, 0.29) is 10.8 Å². The Morgan fingerprint density at radius 1 is 1.17 bits per heavy atom. The molecular formula is C16H16N4O3S. The summed E-state index contributed by atoms with van der Waals surface area (Å²) in [6, 6.07) is 10.7. The van der Waals surface area contributed by atoms with Crippen LogP contribution in [-0.2, 0) is 10.0 Å². The highest BCUT2D eigenvalue weighted by Crippen LogP contribution is 2.23. The number of sulfonamides is 1. The summed E-state index contributed by atoms with van der Waals surface area (Å²) in [5, 5.41) is 7.32. The molecule has 8 heteroatoms. The fraction of sp³-hybridized carbons (Fsp3) is 0.125. The molecule has 124 valence electrons. The maximum Gasteiger partial charge on any atom is 0.263 e. The Kier molecular flexibility index (Phi) is 4.22. The molecule has 0 aliphatic heterocycles. The van der Waals surface area contributed by atoms with E-state index >= 15 is 0 Å². The monoisotopic (exact) mass is 344 g/mol. The Bertz CT molecular complexity index is 953. The molecule has 1 N–H and O–H groups in total. The molecule has 0 saturated carbocycles. The third-order valence-electron chi connectivity index (χ3n) is 3.49. The standard InChI is InChI=1S/C16H16N4O3S/c1-12-5-6-13(20-7-3-4-8-20)9-15(12)19-24(21,22)14-10-16(23-2)18-17-11-14/h3-11,19H,1-2H3. The Morgan fingerprint density at radius 3 is 2.62 bits per heavy atom. The van der Waals surface area contributed by atoms with Crippen molar-refractivity contribution in [1.82, 2.24) is 14.8 Å². The summed E-state index contributed by atoms with van der Waals surface area (Å²) in [7, 11) is -2.39. The van der Waals surface area contributed by atoms with E-state index in [0.717, 1.165) is 11.3 Å². The molecule has 2 aromatic heterocycles. The minimum atomic E-state index is -3.80. The summed E-state index contributed by atoms with van der Waals surface area (Å²) in [5.74, 6) is 0.135. The van der Waals surface area contributed by atoms with E-state index in [4.69, 9.17) is 4.74 Å². The average molecular weight is 344 g/mol. The van der Waals surface area contributed by atoms with Crippen LogP contribution in [0.5, 0.6) is 5.88 Å². The SMILES string of the molecule is COc1cc(S(=O)(=O)Nc2cc(-n3cccc3)ccc2C)cnn1. The number of hydrogen-bond acceptors (Lipinski definition) is 5. The lowest BCUT2D eigenvalue weighted by atomic mass is 10.2. The number of rotatable bonds is 5. The zero-order valence-corrected chi connectivity index (χ0v) is 14.0. The van der Waals surface area contributed by atoms with Crippen LogP contribution in [-0.4, -0.2) is 30.3 Å². The Hall–Kier alpha value is -2.87. The quantitative estimate of drug-likeness (QED) is 0.768. The van der Waals surface area contributed by atoms with Gasteiger partial charge in [0, 0.05) is 24.1 Å². The molecule has 0 saturated heterocycles. The molecule has 7 nitrogen and oxygen atoms in total. The first-order chi connectivity index (χ1) is 11.5. The van der Waals surface area contributed by atoms with Gasteiger partial charge < -0.3 is 9.30 Å². The first-order valence-corrected chi connectivity index (χ1v) is 8.61. The normalized spacial score (nSPS) is 11.2. The smallest absolute Gasteiger partial charge is 0.263 e. The molecule has 0 unspecified atom stereocenters. The first kappa shape index (κ1) is 16.0. The van der Waals surface area contributed by atoms with Crippen molar-refractivity contribution in [2.24, 2.45) is 0 Å². The highest BCUT2D eigenvalue weighted by atomic mass is 32.2. The van der Waals surface area contributed by atoms with Gasteiger partial charge in [-0.3, -0.25) is 4.72 Å². The van der Waals surface area contributed by atoms with E-state index in [9.17, 15) is 8.42 Å². The largest absolute Gasteiger partial charge is 0.480 e. The molecule has 0 aliphatic rings. The molecule has 0 amide bonds. The highest BCUT2D eigenvalue weighted by Gasteiger charge is 2.17. The van der Waals surface area contributed by atoms with Crippen LogP contribution in [0.1, 0.15) is 5.56 Å². The first-order valence-electron chi connectivity index (χ1n) is 7.13. The van der Waals surface area contributed by atoms with Crippen molar-refractivity contribution in [1.29, 1.82) is 0 Å². The van der Waals surface area contributed by atoms with E-state index in [2.05, 4.69) is 14.9 Å². The number of methoxy groups -OCH3 is 1. The number of aryl methyl sites for hydroxylation is 1. The molecule has 3 rings (SSSR count). The van der Waals surface area contributed by atoms with E-state index in [1.54, 1.807) is 6.07 Å². The van der Waals surface area contributed by atoms with Crippen LogP contribution in [0.25, 0.3) is 5.69 Å². The molecule has 1 aromatic carbocycles. The lowest BCUT2D eigenvalue weighted by molar-refractivity contribution is 0.390. The second-order valence-corrected chi connectivity index (χ2v) is 6.81. The zero-order chi connectivity index (χ0) is 17.2. The summed E-state index contributed by atoms with van der Waals surface area (Å²) in [6.07, 6.45) is 4.96. The van der Waals surface area contributed by atoms with Gasteiger partial charge in [-0.2, -0.15) is 5.10 Å². The van der Waals surface area contributed by atoms with Gasteiger partial charge in [0.15, 0.2) is 0 Å². The maximum atomic E-state index is 12.6. The summed E-state index contributed by atoms with van der Waals surface area (Å²) in [4.78, 5) is -0.0138. The molecule has 2 heterocycles. The Balaban J connectivity index is 1.96. The maximum absolute atomic E-state index is 12.6. The second kappa shape index (κ2) is 6.32. The molecule has 0 fully saturated rings. The van der Waals surface area contributed by atoms with Crippen molar-refractivity contribution < 1.29 is 13.2 Å². The van der Waals surface area contributed by atoms with Gasteiger partial charge in [0.1, 0.15) is 4.90 Å². The van der Waals surface area contributed by atoms with E-state index in [1.807, 2.05) is 48.1 Å². The van der Waals surface area contributed by atoms with Crippen LogP contribution in [0.2, 0.25) is 0 Å². The van der Waals surface area contributed by atoms with Gasteiger partial charge in [0.05, 0.1) is 19.0 Å². The number of nitrogens with one attached hydrogen (secondary N) is 1. The number of benzene rings is 1. The van der Waals surface area contributed by atoms with Crippen LogP contribution in [0.3, 0.4) is 0 Å². The molecule has 0 aliphatic carbocycles. The fourth-order valence-electron chi connectivity index (χ4n) is 2.17. The van der Waals surface area contributed by atoms with Crippen molar-refractivity contribution in [2.75, 3.05) is 11.8 Å². The van der Waals surface area contributed by atoms with Crippen LogP contribution in [0, 0.1) is 6.92 Å².